The van der Waals surface area contributed by atoms with Crippen molar-refractivity contribution < 1.29 is 4.39 Å². The maximum Gasteiger partial charge on any atom is 0.188 e. The fourth-order valence-corrected chi connectivity index (χ4v) is 1.55. The van der Waals surface area contributed by atoms with Gasteiger partial charge in [0.1, 0.15) is 0 Å². The molecule has 1 rings (SSSR count). The zero-order valence-electron chi connectivity index (χ0n) is 7.42. The third-order valence-corrected chi connectivity index (χ3v) is 3.20. The van der Waals surface area contributed by atoms with Crippen molar-refractivity contribution in [3.8, 4) is 0 Å². The first kappa shape index (κ1) is 10.7. The zero-order chi connectivity index (χ0) is 9.90. The van der Waals surface area contributed by atoms with E-state index in [9.17, 15) is 4.39 Å². The van der Waals surface area contributed by atoms with Crippen LogP contribution in [0.3, 0.4) is 0 Å². The van der Waals surface area contributed by atoms with Gasteiger partial charge in [0.05, 0.1) is 12.4 Å². The molecule has 1 aromatic heterocycles. The summed E-state index contributed by atoms with van der Waals surface area (Å²) in [6.45, 7) is 3.97. The highest BCUT2D eigenvalue weighted by Gasteiger charge is 2.19. The first-order chi connectivity index (χ1) is 6.03. The Kier molecular flexibility index (Phi) is 3.50. The molecule has 0 N–H and O–H groups in total. The van der Waals surface area contributed by atoms with E-state index in [-0.39, 0.29) is 4.75 Å². The van der Waals surface area contributed by atoms with E-state index in [4.69, 9.17) is 11.6 Å². The molecule has 0 radical (unpaired) electrons. The van der Waals surface area contributed by atoms with E-state index in [1.807, 2.05) is 13.8 Å². The molecule has 0 bridgehead atoms. The summed E-state index contributed by atoms with van der Waals surface area (Å²) < 4.78 is 12.3. The third kappa shape index (κ3) is 3.48. The van der Waals surface area contributed by atoms with Crippen LogP contribution in [0, 0.1) is 5.82 Å². The van der Waals surface area contributed by atoms with Crippen molar-refractivity contribution in [3.63, 3.8) is 0 Å². The molecule has 0 saturated heterocycles. The molecule has 0 spiro atoms. The molecule has 0 amide bonds. The smallest absolute Gasteiger partial charge is 0.188 e. The second-order valence-corrected chi connectivity index (χ2v) is 5.12. The highest BCUT2D eigenvalue weighted by atomic mass is 35.5. The monoisotopic (exact) mass is 220 g/mol. The van der Waals surface area contributed by atoms with Crippen LogP contribution in [0.5, 0.6) is 0 Å². The van der Waals surface area contributed by atoms with Gasteiger partial charge in [-0.3, -0.25) is 0 Å². The van der Waals surface area contributed by atoms with Crippen molar-refractivity contribution in [2.45, 2.75) is 23.8 Å². The van der Waals surface area contributed by atoms with E-state index < -0.39 is 5.82 Å². The fraction of sp³-hybridized carbons (Fsp3) is 0.500. The Morgan fingerprint density at radius 2 is 2.00 bits per heavy atom. The van der Waals surface area contributed by atoms with Crippen molar-refractivity contribution in [1.82, 2.24) is 9.97 Å². The minimum absolute atomic E-state index is 0.126. The average Bonchev–Trinajstić information content (AvgIpc) is 2.09. The van der Waals surface area contributed by atoms with Crippen molar-refractivity contribution in [2.75, 3.05) is 5.88 Å². The minimum Gasteiger partial charge on any atom is -0.228 e. The Morgan fingerprint density at radius 1 is 1.46 bits per heavy atom. The van der Waals surface area contributed by atoms with Gasteiger partial charge in [-0.25, -0.2) is 14.4 Å². The fourth-order valence-electron chi connectivity index (χ4n) is 0.628. The summed E-state index contributed by atoms with van der Waals surface area (Å²) in [5.41, 5.74) is 0. The predicted octanol–water partition coefficient (Wildman–Crippen LogP) is 2.73. The van der Waals surface area contributed by atoms with E-state index in [0.29, 0.717) is 11.0 Å². The number of halogens is 2. The summed E-state index contributed by atoms with van der Waals surface area (Å²) in [4.78, 5) is 7.66. The molecule has 0 unspecified atom stereocenters. The highest BCUT2D eigenvalue weighted by molar-refractivity contribution is 8.00. The SMILES string of the molecule is CC(C)(CCl)Sc1ncc(F)cn1. The van der Waals surface area contributed by atoms with E-state index in [2.05, 4.69) is 9.97 Å². The van der Waals surface area contributed by atoms with Gasteiger partial charge in [0.15, 0.2) is 11.0 Å². The second-order valence-electron chi connectivity index (χ2n) is 3.18. The lowest BCUT2D eigenvalue weighted by molar-refractivity contribution is 0.605. The van der Waals surface area contributed by atoms with Crippen molar-refractivity contribution >= 4 is 23.4 Å². The van der Waals surface area contributed by atoms with Crippen molar-refractivity contribution in [3.05, 3.63) is 18.2 Å². The normalized spacial score (nSPS) is 11.7. The molecule has 0 fully saturated rings. The van der Waals surface area contributed by atoms with Crippen LogP contribution in [0.2, 0.25) is 0 Å². The van der Waals surface area contributed by atoms with E-state index in [1.165, 1.54) is 11.8 Å². The predicted molar refractivity (Wildman–Crippen MR) is 52.6 cm³/mol. The summed E-state index contributed by atoms with van der Waals surface area (Å²) in [5.74, 6) is 0.0753. The van der Waals surface area contributed by atoms with Gasteiger partial charge < -0.3 is 0 Å². The molecule has 0 atom stereocenters. The lowest BCUT2D eigenvalue weighted by Crippen LogP contribution is -2.16. The molecule has 0 aliphatic heterocycles. The molecule has 0 aromatic carbocycles. The third-order valence-electron chi connectivity index (χ3n) is 1.29. The number of nitrogens with zero attached hydrogens (tertiary/aromatic N) is 2. The molecule has 0 aliphatic rings. The molecule has 13 heavy (non-hydrogen) atoms. The quantitative estimate of drug-likeness (QED) is 0.445. The summed E-state index contributed by atoms with van der Waals surface area (Å²) in [6, 6.07) is 0. The van der Waals surface area contributed by atoms with Gasteiger partial charge in [-0.1, -0.05) is 11.8 Å². The summed E-state index contributed by atoms with van der Waals surface area (Å²) in [6.07, 6.45) is 2.30. The maximum absolute atomic E-state index is 12.4. The van der Waals surface area contributed by atoms with E-state index in [0.717, 1.165) is 12.4 Å². The number of rotatable bonds is 3. The van der Waals surface area contributed by atoms with Crippen LogP contribution >= 0.6 is 23.4 Å². The lowest BCUT2D eigenvalue weighted by atomic mass is 10.2. The number of hydrogen-bond donors (Lipinski definition) is 0. The van der Waals surface area contributed by atoms with Crippen LogP contribution < -0.4 is 0 Å². The van der Waals surface area contributed by atoms with Gasteiger partial charge in [-0.15, -0.1) is 11.6 Å². The molecular weight excluding hydrogens is 211 g/mol. The van der Waals surface area contributed by atoms with Crippen molar-refractivity contribution in [1.29, 1.82) is 0 Å². The molecular formula is C8H10ClFN2S. The van der Waals surface area contributed by atoms with Crippen LogP contribution in [-0.4, -0.2) is 20.6 Å². The van der Waals surface area contributed by atoms with Crippen LogP contribution in [0.4, 0.5) is 4.39 Å². The number of aromatic nitrogens is 2. The standard InChI is InChI=1S/C8H10ClFN2S/c1-8(2,5-9)13-7-11-3-6(10)4-12-7/h3-4H,5H2,1-2H3. The Labute approximate surface area is 85.9 Å². The van der Waals surface area contributed by atoms with Crippen LogP contribution in [0.25, 0.3) is 0 Å². The molecule has 5 heteroatoms. The summed E-state index contributed by atoms with van der Waals surface area (Å²) in [7, 11) is 0. The average molecular weight is 221 g/mol. The van der Waals surface area contributed by atoms with Crippen LogP contribution in [0.15, 0.2) is 17.6 Å². The number of hydrogen-bond acceptors (Lipinski definition) is 3. The Bertz CT molecular complexity index is 276. The Morgan fingerprint density at radius 3 is 2.46 bits per heavy atom. The van der Waals surface area contributed by atoms with Crippen LogP contribution in [-0.2, 0) is 0 Å². The molecule has 0 saturated carbocycles. The molecule has 1 heterocycles. The second kappa shape index (κ2) is 4.24. The first-order valence-electron chi connectivity index (χ1n) is 3.76. The largest absolute Gasteiger partial charge is 0.228 e. The minimum atomic E-state index is -0.423. The Balaban J connectivity index is 2.69. The van der Waals surface area contributed by atoms with E-state index >= 15 is 0 Å². The van der Waals surface area contributed by atoms with Gasteiger partial charge in [-0.05, 0) is 13.8 Å². The topological polar surface area (TPSA) is 25.8 Å². The first-order valence-corrected chi connectivity index (χ1v) is 5.11. The molecule has 72 valence electrons. The van der Waals surface area contributed by atoms with Gasteiger partial charge >= 0.3 is 0 Å². The highest BCUT2D eigenvalue weighted by Crippen LogP contribution is 2.30. The number of alkyl halides is 1. The van der Waals surface area contributed by atoms with Gasteiger partial charge in [-0.2, -0.15) is 0 Å². The summed E-state index contributed by atoms with van der Waals surface area (Å²) in [5, 5.41) is 0.548. The van der Waals surface area contributed by atoms with Gasteiger partial charge in [0, 0.05) is 10.6 Å². The van der Waals surface area contributed by atoms with Gasteiger partial charge in [0.25, 0.3) is 0 Å². The van der Waals surface area contributed by atoms with E-state index in [1.54, 1.807) is 0 Å². The zero-order valence-corrected chi connectivity index (χ0v) is 8.99. The van der Waals surface area contributed by atoms with Crippen LogP contribution in [0.1, 0.15) is 13.8 Å². The number of thioether (sulfide) groups is 1. The van der Waals surface area contributed by atoms with Crippen molar-refractivity contribution in [2.24, 2.45) is 0 Å². The Hall–Kier alpha value is -0.350. The lowest BCUT2D eigenvalue weighted by Gasteiger charge is -2.18. The molecule has 1 aromatic rings. The van der Waals surface area contributed by atoms with Gasteiger partial charge in [0.2, 0.25) is 0 Å². The summed E-state index contributed by atoms with van der Waals surface area (Å²) >= 11 is 7.16. The molecule has 2 nitrogen and oxygen atoms in total. The maximum atomic E-state index is 12.4. The molecule has 0 aliphatic carbocycles.